The van der Waals surface area contributed by atoms with E-state index in [1.807, 2.05) is 12.3 Å². The molecule has 0 radical (unpaired) electrons. The Morgan fingerprint density at radius 1 is 0.578 bits per heavy atom. The van der Waals surface area contributed by atoms with Crippen molar-refractivity contribution in [1.82, 2.24) is 4.98 Å². The first kappa shape index (κ1) is 32.0. The predicted molar refractivity (Wildman–Crippen MR) is 198 cm³/mol. The highest BCUT2D eigenvalue weighted by Gasteiger charge is 2.44. The lowest BCUT2D eigenvalue weighted by atomic mass is 9.69. The molecule has 0 unspecified atom stereocenters. The molecule has 1 heterocycles. The van der Waals surface area contributed by atoms with E-state index in [2.05, 4.69) is 141 Å². The maximum atomic E-state index is 4.54. The van der Waals surface area contributed by atoms with Gasteiger partial charge < -0.3 is 0 Å². The Morgan fingerprint density at radius 3 is 1.89 bits per heavy atom. The van der Waals surface area contributed by atoms with Gasteiger partial charge in [0, 0.05) is 26.1 Å². The molecule has 230 valence electrons. The fraction of sp³-hybridized carbons (Fsp3) is 0.310. The number of unbranched alkanes of at least 4 members (excludes halogenated alkanes) is 6. The molecule has 0 aliphatic heterocycles. The fourth-order valence-corrected chi connectivity index (χ4v) is 8.04. The van der Waals surface area contributed by atoms with Gasteiger partial charge in [-0.15, -0.1) is 0 Å². The number of nitrogens with zero attached hydrogens (tertiary/aromatic N) is 1. The molecule has 1 aliphatic rings. The number of pyridine rings is 1. The quantitative estimate of drug-likeness (QED) is 0.104. The molecular weight excluding hydrogens is 678 g/mol. The van der Waals surface area contributed by atoms with Crippen LogP contribution in [0.3, 0.4) is 0 Å². The molecule has 0 saturated heterocycles. The summed E-state index contributed by atoms with van der Waals surface area (Å²) in [4.78, 5) is 4.54. The van der Waals surface area contributed by atoms with Gasteiger partial charge in [0.2, 0.25) is 0 Å². The van der Waals surface area contributed by atoms with Crippen LogP contribution in [-0.2, 0) is 18.3 Å². The normalized spacial score (nSPS) is 13.0. The first-order valence-corrected chi connectivity index (χ1v) is 18.4. The number of aromatic nitrogens is 1. The van der Waals surface area contributed by atoms with Crippen molar-refractivity contribution in [3.05, 3.63) is 146 Å². The van der Waals surface area contributed by atoms with E-state index in [0.717, 1.165) is 33.9 Å². The zero-order valence-electron chi connectivity index (χ0n) is 26.4. The van der Waals surface area contributed by atoms with Crippen LogP contribution in [0.2, 0.25) is 0 Å². The second-order valence-electron chi connectivity index (χ2n) is 12.6. The molecule has 0 amide bonds. The minimum atomic E-state index is -0.158. The van der Waals surface area contributed by atoms with Crippen LogP contribution in [0.15, 0.2) is 118 Å². The van der Waals surface area contributed by atoms with Crippen LogP contribution in [0.5, 0.6) is 0 Å². The van der Waals surface area contributed by atoms with E-state index in [4.69, 9.17) is 0 Å². The second kappa shape index (κ2) is 15.1. The summed E-state index contributed by atoms with van der Waals surface area (Å²) in [6.07, 6.45) is 15.3. The smallest absolute Gasteiger partial charge is 0.0702 e. The Bertz CT molecular complexity index is 1670. The van der Waals surface area contributed by atoms with Crippen molar-refractivity contribution < 1.29 is 0 Å². The Morgan fingerprint density at radius 2 is 1.22 bits per heavy atom. The van der Waals surface area contributed by atoms with Crippen LogP contribution in [0.1, 0.15) is 92.5 Å². The van der Waals surface area contributed by atoms with Crippen LogP contribution < -0.4 is 0 Å². The molecule has 1 nitrogen and oxygen atoms in total. The van der Waals surface area contributed by atoms with Crippen molar-refractivity contribution in [3.63, 3.8) is 0 Å². The van der Waals surface area contributed by atoms with E-state index < -0.39 is 0 Å². The predicted octanol–water partition coefficient (Wildman–Crippen LogP) is 12.9. The van der Waals surface area contributed by atoms with Gasteiger partial charge in [-0.2, -0.15) is 0 Å². The van der Waals surface area contributed by atoms with E-state index in [1.165, 1.54) is 95.9 Å². The summed E-state index contributed by atoms with van der Waals surface area (Å²) >= 11 is 7.69. The third-order valence-corrected chi connectivity index (χ3v) is 10.6. The van der Waals surface area contributed by atoms with Crippen molar-refractivity contribution in [2.75, 3.05) is 0 Å². The topological polar surface area (TPSA) is 12.9 Å². The molecule has 0 spiro atoms. The molecule has 0 saturated carbocycles. The van der Waals surface area contributed by atoms with Gasteiger partial charge >= 0.3 is 0 Å². The zero-order chi connectivity index (χ0) is 31.1. The second-order valence-corrected chi connectivity index (χ2v) is 14.5. The number of hydrogen-bond acceptors (Lipinski definition) is 1. The van der Waals surface area contributed by atoms with Crippen LogP contribution in [0.25, 0.3) is 22.4 Å². The van der Waals surface area contributed by atoms with Crippen molar-refractivity contribution in [2.24, 2.45) is 0 Å². The van der Waals surface area contributed by atoms with E-state index in [1.54, 1.807) is 0 Å². The number of hydrogen-bond donors (Lipinski definition) is 0. The lowest BCUT2D eigenvalue weighted by Crippen LogP contribution is -2.27. The van der Waals surface area contributed by atoms with Gasteiger partial charge in [-0.1, -0.05) is 138 Å². The average Bonchev–Trinajstić information content (AvgIpc) is 3.34. The van der Waals surface area contributed by atoms with Crippen molar-refractivity contribution in [3.8, 4) is 22.4 Å². The Hall–Kier alpha value is -3.01. The molecule has 4 aromatic carbocycles. The van der Waals surface area contributed by atoms with Gasteiger partial charge in [-0.05, 0) is 114 Å². The molecule has 0 bridgehead atoms. The van der Waals surface area contributed by atoms with Crippen molar-refractivity contribution >= 4 is 31.9 Å². The standard InChI is InChI=1S/C42H43Br2N/c1-2-3-4-7-15-32-17-13-19-34(28-32)42(39-29-35(43)21-23-37(39)38-24-22-36(44)30-40(38)42)25-10-6-5-8-14-31-16-12-18-33(27-31)41-20-9-11-26-45-41/h9,11-13,16-24,26-30H,2-8,10,14-15,25H2,1H3. The minimum Gasteiger partial charge on any atom is -0.256 e. The van der Waals surface area contributed by atoms with Gasteiger partial charge in [0.1, 0.15) is 0 Å². The summed E-state index contributed by atoms with van der Waals surface area (Å²) < 4.78 is 2.31. The third-order valence-electron chi connectivity index (χ3n) is 9.57. The SMILES string of the molecule is CCCCCCc1cccc(C2(CCCCCCc3cccc(-c4ccccn4)c3)c3cc(Br)ccc3-c3ccc(Br)cc32)c1. The molecule has 3 heteroatoms. The van der Waals surface area contributed by atoms with Crippen LogP contribution in [-0.4, -0.2) is 4.98 Å². The van der Waals surface area contributed by atoms with Gasteiger partial charge in [-0.25, -0.2) is 0 Å². The van der Waals surface area contributed by atoms with E-state index in [9.17, 15) is 0 Å². The third kappa shape index (κ3) is 7.21. The van der Waals surface area contributed by atoms with Crippen LogP contribution in [0, 0.1) is 0 Å². The van der Waals surface area contributed by atoms with Gasteiger partial charge in [0.05, 0.1) is 5.69 Å². The van der Waals surface area contributed by atoms with E-state index in [0.29, 0.717) is 0 Å². The first-order chi connectivity index (χ1) is 22.1. The molecule has 1 aliphatic carbocycles. The summed E-state index contributed by atoms with van der Waals surface area (Å²) in [7, 11) is 0. The van der Waals surface area contributed by atoms with Gasteiger partial charge in [0.25, 0.3) is 0 Å². The summed E-state index contributed by atoms with van der Waals surface area (Å²) in [5.74, 6) is 0. The summed E-state index contributed by atoms with van der Waals surface area (Å²) in [5, 5.41) is 0. The fourth-order valence-electron chi connectivity index (χ4n) is 7.32. The van der Waals surface area contributed by atoms with Gasteiger partial charge in [0.15, 0.2) is 0 Å². The summed E-state index contributed by atoms with van der Waals surface area (Å²) in [5.41, 5.74) is 12.0. The Labute approximate surface area is 286 Å². The lowest BCUT2D eigenvalue weighted by Gasteiger charge is -2.34. The van der Waals surface area contributed by atoms with Crippen molar-refractivity contribution in [2.45, 2.75) is 83.0 Å². The number of halogens is 2. The maximum Gasteiger partial charge on any atom is 0.0702 e. The highest BCUT2D eigenvalue weighted by atomic mass is 79.9. The van der Waals surface area contributed by atoms with Gasteiger partial charge in [-0.3, -0.25) is 4.98 Å². The Kier molecular flexibility index (Phi) is 10.7. The highest BCUT2D eigenvalue weighted by molar-refractivity contribution is 9.10. The molecule has 6 rings (SSSR count). The zero-order valence-corrected chi connectivity index (χ0v) is 29.5. The molecule has 5 aromatic rings. The molecule has 0 N–H and O–H groups in total. The monoisotopic (exact) mass is 719 g/mol. The van der Waals surface area contributed by atoms with Crippen LogP contribution >= 0.6 is 31.9 Å². The highest BCUT2D eigenvalue weighted by Crippen LogP contribution is 2.56. The number of fused-ring (bicyclic) bond motifs is 3. The van der Waals surface area contributed by atoms with Crippen molar-refractivity contribution in [1.29, 1.82) is 0 Å². The molecular formula is C42H43Br2N. The average molecular weight is 722 g/mol. The number of aryl methyl sites for hydroxylation is 2. The van der Waals surface area contributed by atoms with E-state index in [-0.39, 0.29) is 5.41 Å². The maximum absolute atomic E-state index is 4.54. The molecule has 45 heavy (non-hydrogen) atoms. The number of benzene rings is 4. The molecule has 1 aromatic heterocycles. The summed E-state index contributed by atoms with van der Waals surface area (Å²) in [6, 6.07) is 38.4. The minimum absolute atomic E-state index is 0.158. The lowest BCUT2D eigenvalue weighted by molar-refractivity contribution is 0.511. The first-order valence-electron chi connectivity index (χ1n) is 16.8. The van der Waals surface area contributed by atoms with Crippen LogP contribution in [0.4, 0.5) is 0 Å². The Balaban J connectivity index is 1.22. The largest absolute Gasteiger partial charge is 0.256 e. The molecule has 0 atom stereocenters. The summed E-state index contributed by atoms with van der Waals surface area (Å²) in [6.45, 7) is 2.29. The van der Waals surface area contributed by atoms with E-state index >= 15 is 0 Å². The molecule has 0 fully saturated rings. The number of rotatable bonds is 14.